The van der Waals surface area contributed by atoms with Crippen LogP contribution in [0.3, 0.4) is 0 Å². The molecule has 0 aromatic carbocycles. The van der Waals surface area contributed by atoms with Crippen molar-refractivity contribution in [2.24, 2.45) is 0 Å². The standard InChI is InChI=1S/C8H21N3O2/c1-9-11(10-2)7-5-4-6-8(12)13-3/h8-10,12H,4-7H2,1-3H3. The SMILES string of the molecule is CNN(CCCCC(O)OC)NC. The highest BCUT2D eigenvalue weighted by Crippen LogP contribution is 2.01. The van der Waals surface area contributed by atoms with Crippen molar-refractivity contribution >= 4 is 0 Å². The van der Waals surface area contributed by atoms with E-state index in [0.717, 1.165) is 19.4 Å². The molecule has 0 aliphatic rings. The molecule has 5 heteroatoms. The monoisotopic (exact) mass is 191 g/mol. The zero-order valence-corrected chi connectivity index (χ0v) is 8.71. The van der Waals surface area contributed by atoms with Crippen LogP contribution in [0.1, 0.15) is 19.3 Å². The van der Waals surface area contributed by atoms with Gasteiger partial charge in [0.25, 0.3) is 0 Å². The summed E-state index contributed by atoms with van der Waals surface area (Å²) in [5, 5.41) is 11.0. The smallest absolute Gasteiger partial charge is 0.154 e. The number of hydrogen-bond donors (Lipinski definition) is 3. The van der Waals surface area contributed by atoms with E-state index in [2.05, 4.69) is 10.9 Å². The molecule has 0 amide bonds. The third-order valence-electron chi connectivity index (χ3n) is 1.89. The first-order valence-corrected chi connectivity index (χ1v) is 4.57. The summed E-state index contributed by atoms with van der Waals surface area (Å²) in [4.78, 5) is 0. The molecule has 80 valence electrons. The fourth-order valence-electron chi connectivity index (χ4n) is 1.04. The largest absolute Gasteiger partial charge is 0.368 e. The van der Waals surface area contributed by atoms with Crippen molar-refractivity contribution in [3.63, 3.8) is 0 Å². The first kappa shape index (κ1) is 12.8. The lowest BCUT2D eigenvalue weighted by Crippen LogP contribution is -2.44. The Kier molecular flexibility index (Phi) is 8.27. The summed E-state index contributed by atoms with van der Waals surface area (Å²) in [6, 6.07) is 0. The van der Waals surface area contributed by atoms with Gasteiger partial charge in [0.15, 0.2) is 6.29 Å². The Bertz CT molecular complexity index is 110. The van der Waals surface area contributed by atoms with E-state index < -0.39 is 6.29 Å². The third-order valence-corrected chi connectivity index (χ3v) is 1.89. The lowest BCUT2D eigenvalue weighted by Gasteiger charge is -2.19. The zero-order valence-electron chi connectivity index (χ0n) is 8.71. The van der Waals surface area contributed by atoms with Gasteiger partial charge in [-0.2, -0.15) is 5.12 Å². The van der Waals surface area contributed by atoms with Gasteiger partial charge in [-0.25, -0.2) is 10.9 Å². The van der Waals surface area contributed by atoms with Crippen molar-refractivity contribution in [3.8, 4) is 0 Å². The second-order valence-corrected chi connectivity index (χ2v) is 2.78. The molecule has 0 rings (SSSR count). The fraction of sp³-hybridized carbons (Fsp3) is 1.00. The van der Waals surface area contributed by atoms with E-state index in [1.54, 1.807) is 0 Å². The molecule has 5 nitrogen and oxygen atoms in total. The van der Waals surface area contributed by atoms with E-state index in [0.29, 0.717) is 6.42 Å². The fourth-order valence-corrected chi connectivity index (χ4v) is 1.04. The average molecular weight is 191 g/mol. The summed E-state index contributed by atoms with van der Waals surface area (Å²) >= 11 is 0. The zero-order chi connectivity index (χ0) is 10.1. The minimum absolute atomic E-state index is 0.613. The molecule has 0 aromatic heterocycles. The summed E-state index contributed by atoms with van der Waals surface area (Å²) in [6.45, 7) is 0.906. The van der Waals surface area contributed by atoms with E-state index in [4.69, 9.17) is 9.84 Å². The molecule has 0 aliphatic carbocycles. The van der Waals surface area contributed by atoms with Crippen molar-refractivity contribution in [2.75, 3.05) is 27.7 Å². The van der Waals surface area contributed by atoms with Crippen LogP contribution >= 0.6 is 0 Å². The van der Waals surface area contributed by atoms with Crippen LogP contribution in [-0.2, 0) is 4.74 Å². The molecular weight excluding hydrogens is 170 g/mol. The first-order valence-electron chi connectivity index (χ1n) is 4.57. The second-order valence-electron chi connectivity index (χ2n) is 2.78. The lowest BCUT2D eigenvalue weighted by molar-refractivity contribution is -0.0796. The van der Waals surface area contributed by atoms with Gasteiger partial charge in [-0.3, -0.25) is 0 Å². The van der Waals surface area contributed by atoms with Gasteiger partial charge >= 0.3 is 0 Å². The maximum atomic E-state index is 9.07. The first-order chi connectivity index (χ1) is 6.24. The number of hydrazine groups is 2. The molecule has 0 aliphatic heterocycles. The van der Waals surface area contributed by atoms with Crippen molar-refractivity contribution in [3.05, 3.63) is 0 Å². The summed E-state index contributed by atoms with van der Waals surface area (Å²) in [5.41, 5.74) is 5.96. The number of nitrogens with zero attached hydrogens (tertiary/aromatic N) is 1. The highest BCUT2D eigenvalue weighted by atomic mass is 16.6. The topological polar surface area (TPSA) is 56.8 Å². The summed E-state index contributed by atoms with van der Waals surface area (Å²) in [5.74, 6) is 0. The number of nitrogens with one attached hydrogen (secondary N) is 2. The maximum absolute atomic E-state index is 9.07. The maximum Gasteiger partial charge on any atom is 0.154 e. The molecule has 0 radical (unpaired) electrons. The molecule has 0 fully saturated rings. The Hall–Kier alpha value is -0.200. The molecule has 0 spiro atoms. The molecule has 0 bridgehead atoms. The molecule has 0 saturated heterocycles. The Morgan fingerprint density at radius 2 is 1.92 bits per heavy atom. The quantitative estimate of drug-likeness (QED) is 0.279. The number of ether oxygens (including phenoxy) is 1. The van der Waals surface area contributed by atoms with Crippen molar-refractivity contribution in [1.29, 1.82) is 0 Å². The Balaban J connectivity index is 3.23. The van der Waals surface area contributed by atoms with Gasteiger partial charge in [0.1, 0.15) is 0 Å². The predicted octanol–water partition coefficient (Wildman–Crippen LogP) is -0.308. The van der Waals surface area contributed by atoms with Crippen molar-refractivity contribution < 1.29 is 9.84 Å². The van der Waals surface area contributed by atoms with Gasteiger partial charge in [0.2, 0.25) is 0 Å². The van der Waals surface area contributed by atoms with Gasteiger partial charge in [-0.05, 0) is 19.3 Å². The predicted molar refractivity (Wildman–Crippen MR) is 51.7 cm³/mol. The number of unbranched alkanes of at least 4 members (excludes halogenated alkanes) is 1. The summed E-state index contributed by atoms with van der Waals surface area (Å²) < 4.78 is 4.72. The van der Waals surface area contributed by atoms with Crippen molar-refractivity contribution in [1.82, 2.24) is 16.0 Å². The Morgan fingerprint density at radius 1 is 1.31 bits per heavy atom. The van der Waals surface area contributed by atoms with E-state index in [9.17, 15) is 0 Å². The minimum Gasteiger partial charge on any atom is -0.368 e. The summed E-state index contributed by atoms with van der Waals surface area (Å²) in [6.07, 6.45) is 2.05. The van der Waals surface area contributed by atoms with Crippen molar-refractivity contribution in [2.45, 2.75) is 25.6 Å². The molecule has 3 N–H and O–H groups in total. The number of aliphatic hydroxyl groups is 1. The van der Waals surface area contributed by atoms with Gasteiger partial charge in [0.05, 0.1) is 0 Å². The third kappa shape index (κ3) is 6.92. The van der Waals surface area contributed by atoms with E-state index in [1.165, 1.54) is 7.11 Å². The normalized spacial score (nSPS) is 13.6. The van der Waals surface area contributed by atoms with Crippen LogP contribution in [-0.4, -0.2) is 44.3 Å². The number of hydrogen-bond acceptors (Lipinski definition) is 5. The van der Waals surface area contributed by atoms with Gasteiger partial charge < -0.3 is 9.84 Å². The van der Waals surface area contributed by atoms with Crippen LogP contribution in [0.4, 0.5) is 0 Å². The van der Waals surface area contributed by atoms with E-state index in [-0.39, 0.29) is 0 Å². The van der Waals surface area contributed by atoms with Crippen LogP contribution in [0.2, 0.25) is 0 Å². The number of aliphatic hydroxyl groups excluding tert-OH is 1. The second kappa shape index (κ2) is 8.40. The highest BCUT2D eigenvalue weighted by molar-refractivity contribution is 4.47. The molecule has 0 heterocycles. The number of rotatable bonds is 8. The van der Waals surface area contributed by atoms with Crippen LogP contribution in [0.25, 0.3) is 0 Å². The highest BCUT2D eigenvalue weighted by Gasteiger charge is 2.02. The lowest BCUT2D eigenvalue weighted by atomic mass is 10.2. The minimum atomic E-state index is -0.613. The van der Waals surface area contributed by atoms with Gasteiger partial charge in [0, 0.05) is 27.7 Å². The number of methoxy groups -OCH3 is 1. The van der Waals surface area contributed by atoms with Crippen LogP contribution in [0, 0.1) is 0 Å². The molecule has 1 atom stereocenters. The van der Waals surface area contributed by atoms with Crippen LogP contribution < -0.4 is 10.9 Å². The molecule has 1 unspecified atom stereocenters. The van der Waals surface area contributed by atoms with E-state index >= 15 is 0 Å². The molecule has 0 aromatic rings. The molecule has 0 saturated carbocycles. The van der Waals surface area contributed by atoms with Crippen LogP contribution in [0.15, 0.2) is 0 Å². The average Bonchev–Trinajstić information content (AvgIpc) is 2.18. The van der Waals surface area contributed by atoms with Crippen LogP contribution in [0.5, 0.6) is 0 Å². The Morgan fingerprint density at radius 3 is 2.38 bits per heavy atom. The Labute approximate surface area is 80.0 Å². The molecular formula is C8H21N3O2. The molecule has 13 heavy (non-hydrogen) atoms. The van der Waals surface area contributed by atoms with Gasteiger partial charge in [-0.1, -0.05) is 0 Å². The van der Waals surface area contributed by atoms with Gasteiger partial charge in [-0.15, -0.1) is 0 Å². The summed E-state index contributed by atoms with van der Waals surface area (Å²) in [7, 11) is 5.24. The van der Waals surface area contributed by atoms with E-state index in [1.807, 2.05) is 19.2 Å².